The van der Waals surface area contributed by atoms with Gasteiger partial charge in [0.25, 0.3) is 0 Å². The molecule has 122 valence electrons. The van der Waals surface area contributed by atoms with E-state index in [2.05, 4.69) is 34.1 Å². The maximum atomic E-state index is 10.4. The Morgan fingerprint density at radius 1 is 1.18 bits per heavy atom. The number of morpholine rings is 1. The molecule has 0 aromatic heterocycles. The van der Waals surface area contributed by atoms with Gasteiger partial charge < -0.3 is 15.6 Å². The van der Waals surface area contributed by atoms with Crippen molar-refractivity contribution in [2.75, 3.05) is 52.5 Å². The van der Waals surface area contributed by atoms with Gasteiger partial charge in [0.05, 0.1) is 19.3 Å². The fourth-order valence-corrected chi connectivity index (χ4v) is 3.61. The number of benzene rings is 1. The zero-order valence-electron chi connectivity index (χ0n) is 13.2. The molecule has 1 aromatic carbocycles. The van der Waals surface area contributed by atoms with Gasteiger partial charge in [0.2, 0.25) is 0 Å². The predicted molar refractivity (Wildman–Crippen MR) is 86.8 cm³/mol. The molecule has 5 heteroatoms. The molecular weight excluding hydrogens is 278 g/mol. The smallest absolute Gasteiger partial charge is 0.0794 e. The summed E-state index contributed by atoms with van der Waals surface area (Å²) in [4.78, 5) is 4.62. The highest BCUT2D eigenvalue weighted by molar-refractivity contribution is 5.32. The van der Waals surface area contributed by atoms with E-state index >= 15 is 0 Å². The molecule has 2 heterocycles. The lowest BCUT2D eigenvalue weighted by atomic mass is 9.92. The number of aliphatic hydroxyl groups excluding tert-OH is 1. The second-order valence-electron chi connectivity index (χ2n) is 6.26. The highest BCUT2D eigenvalue weighted by atomic mass is 16.5. The van der Waals surface area contributed by atoms with E-state index in [0.29, 0.717) is 13.1 Å². The Hall–Kier alpha value is -0.980. The molecule has 3 rings (SSSR count). The zero-order valence-corrected chi connectivity index (χ0v) is 13.2. The molecule has 1 fully saturated rings. The van der Waals surface area contributed by atoms with Gasteiger partial charge >= 0.3 is 0 Å². The maximum absolute atomic E-state index is 10.4. The summed E-state index contributed by atoms with van der Waals surface area (Å²) in [7, 11) is 0. The molecule has 2 unspecified atom stereocenters. The van der Waals surface area contributed by atoms with Gasteiger partial charge in [-0.05, 0) is 17.5 Å². The van der Waals surface area contributed by atoms with Crippen LogP contribution in [-0.2, 0) is 11.2 Å². The number of aliphatic hydroxyl groups is 1. The number of β-amino-alcohol motifs (C(OH)–C–C–N with tert-alkyl or cyclic N) is 1. The van der Waals surface area contributed by atoms with Crippen molar-refractivity contribution < 1.29 is 9.84 Å². The Morgan fingerprint density at radius 3 is 2.73 bits per heavy atom. The SMILES string of the molecule is NCC1c2ccccc2CCN1CC(O)CN1CCOCC1. The summed E-state index contributed by atoms with van der Waals surface area (Å²) in [5.41, 5.74) is 8.75. The lowest BCUT2D eigenvalue weighted by Crippen LogP contribution is -2.47. The molecule has 2 aliphatic rings. The lowest BCUT2D eigenvalue weighted by molar-refractivity contribution is 0.00243. The Balaban J connectivity index is 1.59. The molecule has 1 saturated heterocycles. The molecule has 0 aliphatic carbocycles. The van der Waals surface area contributed by atoms with Crippen molar-refractivity contribution in [3.63, 3.8) is 0 Å². The summed E-state index contributed by atoms with van der Waals surface area (Å²) < 4.78 is 5.35. The predicted octanol–water partition coefficient (Wildman–Crippen LogP) is 0.238. The van der Waals surface area contributed by atoms with Gasteiger partial charge in [-0.15, -0.1) is 0 Å². The molecule has 22 heavy (non-hydrogen) atoms. The first-order chi connectivity index (χ1) is 10.8. The van der Waals surface area contributed by atoms with Crippen molar-refractivity contribution in [1.29, 1.82) is 0 Å². The van der Waals surface area contributed by atoms with Crippen LogP contribution in [0.5, 0.6) is 0 Å². The summed E-state index contributed by atoms with van der Waals surface area (Å²) in [5.74, 6) is 0. The van der Waals surface area contributed by atoms with E-state index in [9.17, 15) is 5.11 Å². The minimum Gasteiger partial charge on any atom is -0.390 e. The number of fused-ring (bicyclic) bond motifs is 1. The largest absolute Gasteiger partial charge is 0.390 e. The molecule has 0 amide bonds. The summed E-state index contributed by atoms with van der Waals surface area (Å²) in [5, 5.41) is 10.4. The summed E-state index contributed by atoms with van der Waals surface area (Å²) >= 11 is 0. The van der Waals surface area contributed by atoms with E-state index in [1.807, 2.05) is 0 Å². The average molecular weight is 305 g/mol. The average Bonchev–Trinajstić information content (AvgIpc) is 2.55. The van der Waals surface area contributed by atoms with Crippen molar-refractivity contribution in [1.82, 2.24) is 9.80 Å². The van der Waals surface area contributed by atoms with Crippen molar-refractivity contribution >= 4 is 0 Å². The Kier molecular flexibility index (Phi) is 5.44. The van der Waals surface area contributed by atoms with Crippen LogP contribution < -0.4 is 5.73 Å². The monoisotopic (exact) mass is 305 g/mol. The molecule has 0 saturated carbocycles. The topological polar surface area (TPSA) is 62.0 Å². The van der Waals surface area contributed by atoms with E-state index in [4.69, 9.17) is 10.5 Å². The highest BCUT2D eigenvalue weighted by Gasteiger charge is 2.28. The Morgan fingerprint density at radius 2 is 1.95 bits per heavy atom. The first-order valence-electron chi connectivity index (χ1n) is 8.28. The van der Waals surface area contributed by atoms with Crippen LogP contribution in [0.25, 0.3) is 0 Å². The fraction of sp³-hybridized carbons (Fsp3) is 0.647. The minimum atomic E-state index is -0.336. The molecule has 0 radical (unpaired) electrons. The standard InChI is InChI=1S/C17H27N3O2/c18-11-17-16-4-2-1-3-14(16)5-6-20(17)13-15(21)12-19-7-9-22-10-8-19/h1-4,15,17,21H,5-13,18H2. The van der Waals surface area contributed by atoms with E-state index in [1.54, 1.807) is 0 Å². The molecule has 3 N–H and O–H groups in total. The summed E-state index contributed by atoms with van der Waals surface area (Å²) in [6.07, 6.45) is 0.703. The number of hydrogen-bond donors (Lipinski definition) is 2. The van der Waals surface area contributed by atoms with Crippen LogP contribution in [0.1, 0.15) is 17.2 Å². The number of ether oxygens (including phenoxy) is 1. The number of rotatable bonds is 5. The minimum absolute atomic E-state index is 0.226. The van der Waals surface area contributed by atoms with Crippen LogP contribution in [0.3, 0.4) is 0 Å². The van der Waals surface area contributed by atoms with Crippen molar-refractivity contribution in [3.05, 3.63) is 35.4 Å². The Bertz CT molecular complexity index is 477. The van der Waals surface area contributed by atoms with Crippen molar-refractivity contribution in [2.24, 2.45) is 5.73 Å². The van der Waals surface area contributed by atoms with Crippen LogP contribution in [-0.4, -0.2) is 73.5 Å². The Labute approximate surface area is 132 Å². The van der Waals surface area contributed by atoms with Crippen LogP contribution in [0.2, 0.25) is 0 Å². The third-order valence-corrected chi connectivity index (χ3v) is 4.76. The van der Waals surface area contributed by atoms with Gasteiger partial charge in [-0.2, -0.15) is 0 Å². The summed E-state index contributed by atoms with van der Waals surface area (Å²) in [6.45, 7) is 6.36. The van der Waals surface area contributed by atoms with Crippen molar-refractivity contribution in [2.45, 2.75) is 18.6 Å². The van der Waals surface area contributed by atoms with Crippen LogP contribution in [0, 0.1) is 0 Å². The van der Waals surface area contributed by atoms with E-state index in [-0.39, 0.29) is 12.1 Å². The van der Waals surface area contributed by atoms with Gasteiger partial charge in [0.1, 0.15) is 0 Å². The van der Waals surface area contributed by atoms with E-state index in [0.717, 1.165) is 45.8 Å². The number of nitrogens with zero attached hydrogens (tertiary/aromatic N) is 2. The maximum Gasteiger partial charge on any atom is 0.0794 e. The van der Waals surface area contributed by atoms with Crippen LogP contribution >= 0.6 is 0 Å². The molecule has 0 spiro atoms. The lowest BCUT2D eigenvalue weighted by Gasteiger charge is -2.38. The normalized spacial score (nSPS) is 24.9. The van der Waals surface area contributed by atoms with E-state index in [1.165, 1.54) is 11.1 Å². The highest BCUT2D eigenvalue weighted by Crippen LogP contribution is 2.28. The van der Waals surface area contributed by atoms with Crippen LogP contribution in [0.4, 0.5) is 0 Å². The molecule has 1 aromatic rings. The van der Waals surface area contributed by atoms with Gasteiger partial charge in [-0.3, -0.25) is 9.80 Å². The fourth-order valence-electron chi connectivity index (χ4n) is 3.61. The molecule has 5 nitrogen and oxygen atoms in total. The first kappa shape index (κ1) is 15.9. The zero-order chi connectivity index (χ0) is 15.4. The summed E-state index contributed by atoms with van der Waals surface area (Å²) in [6, 6.07) is 8.77. The molecule has 2 atom stereocenters. The third kappa shape index (κ3) is 3.67. The van der Waals surface area contributed by atoms with Gasteiger partial charge in [0.15, 0.2) is 0 Å². The number of nitrogens with two attached hydrogens (primary N) is 1. The molecule has 2 aliphatic heterocycles. The van der Waals surface area contributed by atoms with Gasteiger partial charge in [-0.1, -0.05) is 24.3 Å². The van der Waals surface area contributed by atoms with Gasteiger partial charge in [-0.25, -0.2) is 0 Å². The van der Waals surface area contributed by atoms with Crippen LogP contribution in [0.15, 0.2) is 24.3 Å². The third-order valence-electron chi connectivity index (χ3n) is 4.76. The second kappa shape index (κ2) is 7.53. The molecule has 0 bridgehead atoms. The second-order valence-corrected chi connectivity index (χ2v) is 6.26. The first-order valence-corrected chi connectivity index (χ1v) is 8.28. The molecular formula is C17H27N3O2. The van der Waals surface area contributed by atoms with Gasteiger partial charge in [0, 0.05) is 45.3 Å². The van der Waals surface area contributed by atoms with E-state index < -0.39 is 0 Å². The number of hydrogen-bond acceptors (Lipinski definition) is 5. The quantitative estimate of drug-likeness (QED) is 0.816. The van der Waals surface area contributed by atoms with Crippen molar-refractivity contribution in [3.8, 4) is 0 Å².